The Balaban J connectivity index is 1.55. The summed E-state index contributed by atoms with van der Waals surface area (Å²) < 4.78 is 0. The summed E-state index contributed by atoms with van der Waals surface area (Å²) in [6, 6.07) is 0.305. The van der Waals surface area contributed by atoms with Gasteiger partial charge in [0.2, 0.25) is 11.8 Å². The van der Waals surface area contributed by atoms with Crippen LogP contribution in [-0.2, 0) is 16.0 Å². The van der Waals surface area contributed by atoms with Crippen LogP contribution in [0.2, 0.25) is 0 Å². The molecule has 6 heteroatoms. The molecule has 1 aromatic heterocycles. The van der Waals surface area contributed by atoms with Crippen molar-refractivity contribution in [1.29, 1.82) is 0 Å². The summed E-state index contributed by atoms with van der Waals surface area (Å²) in [6.45, 7) is 2.96. The molecule has 2 unspecified atom stereocenters. The van der Waals surface area contributed by atoms with Gasteiger partial charge >= 0.3 is 0 Å². The third kappa shape index (κ3) is 3.48. The largest absolute Gasteiger partial charge is 0.353 e. The van der Waals surface area contributed by atoms with E-state index in [4.69, 9.17) is 0 Å². The number of carbonyl (C=O) groups excluding carboxylic acids is 2. The van der Waals surface area contributed by atoms with Crippen molar-refractivity contribution >= 4 is 28.3 Å². The van der Waals surface area contributed by atoms with Crippen molar-refractivity contribution in [3.63, 3.8) is 0 Å². The summed E-state index contributed by atoms with van der Waals surface area (Å²) in [5, 5.41) is 5.78. The lowest BCUT2D eigenvalue weighted by Gasteiger charge is -2.29. The number of nitrogens with one attached hydrogen (secondary N) is 1. The normalized spacial score (nSPS) is 25.5. The fraction of sp³-hybridized carbons (Fsp3) is 0.688. The van der Waals surface area contributed by atoms with Crippen molar-refractivity contribution in [1.82, 2.24) is 10.3 Å². The van der Waals surface area contributed by atoms with Gasteiger partial charge in [0.25, 0.3) is 0 Å². The Labute approximate surface area is 135 Å². The predicted molar refractivity (Wildman–Crippen MR) is 87.0 cm³/mol. The van der Waals surface area contributed by atoms with E-state index in [1.165, 1.54) is 30.6 Å². The van der Waals surface area contributed by atoms with Crippen LogP contribution in [0.4, 0.5) is 5.13 Å². The second-order valence-electron chi connectivity index (χ2n) is 6.38. The van der Waals surface area contributed by atoms with Crippen LogP contribution < -0.4 is 10.2 Å². The van der Waals surface area contributed by atoms with Crippen LogP contribution in [0.25, 0.3) is 0 Å². The van der Waals surface area contributed by atoms with E-state index in [2.05, 4.69) is 17.2 Å². The molecule has 0 aromatic carbocycles. The molecule has 120 valence electrons. The standard InChI is InChI=1S/C16H23N3O2S/c1-11-5-2-3-6-13(11)18-14(20)9-12-10-22-16(17-12)19-8-4-7-15(19)21/h10-11,13H,2-9H2,1H3,(H,18,20). The van der Waals surface area contributed by atoms with Crippen molar-refractivity contribution in [3.8, 4) is 0 Å². The van der Waals surface area contributed by atoms with Gasteiger partial charge in [-0.15, -0.1) is 11.3 Å². The fourth-order valence-corrected chi connectivity index (χ4v) is 4.17. The summed E-state index contributed by atoms with van der Waals surface area (Å²) in [4.78, 5) is 30.1. The molecule has 22 heavy (non-hydrogen) atoms. The lowest BCUT2D eigenvalue weighted by atomic mass is 9.86. The number of rotatable bonds is 4. The molecule has 1 saturated heterocycles. The first-order chi connectivity index (χ1) is 10.6. The van der Waals surface area contributed by atoms with Crippen LogP contribution in [0, 0.1) is 5.92 Å². The Bertz CT molecular complexity index is 557. The van der Waals surface area contributed by atoms with Gasteiger partial charge in [0, 0.05) is 24.4 Å². The molecule has 0 spiro atoms. The Morgan fingerprint density at radius 3 is 2.95 bits per heavy atom. The van der Waals surface area contributed by atoms with E-state index in [0.29, 0.717) is 24.8 Å². The Kier molecular flexibility index (Phi) is 4.76. The molecule has 1 aliphatic heterocycles. The number of anilines is 1. The fourth-order valence-electron chi connectivity index (χ4n) is 3.30. The first kappa shape index (κ1) is 15.5. The minimum atomic E-state index is 0.0448. The molecule has 0 radical (unpaired) electrons. The van der Waals surface area contributed by atoms with Gasteiger partial charge in [-0.2, -0.15) is 0 Å². The van der Waals surface area contributed by atoms with Crippen LogP contribution >= 0.6 is 11.3 Å². The van der Waals surface area contributed by atoms with Crippen LogP contribution in [0.3, 0.4) is 0 Å². The van der Waals surface area contributed by atoms with E-state index in [1.807, 2.05) is 5.38 Å². The number of carbonyl (C=O) groups is 2. The minimum Gasteiger partial charge on any atom is -0.353 e. The highest BCUT2D eigenvalue weighted by atomic mass is 32.1. The zero-order valence-electron chi connectivity index (χ0n) is 13.0. The summed E-state index contributed by atoms with van der Waals surface area (Å²) in [5.74, 6) is 0.746. The van der Waals surface area contributed by atoms with E-state index in [-0.39, 0.29) is 11.8 Å². The van der Waals surface area contributed by atoms with Gasteiger partial charge in [0.1, 0.15) is 0 Å². The Hall–Kier alpha value is -1.43. The highest BCUT2D eigenvalue weighted by molar-refractivity contribution is 7.14. The maximum Gasteiger partial charge on any atom is 0.228 e. The SMILES string of the molecule is CC1CCCCC1NC(=O)Cc1csc(N2CCCC2=O)n1. The van der Waals surface area contributed by atoms with E-state index in [1.54, 1.807) is 4.90 Å². The molecule has 0 bridgehead atoms. The van der Waals surface area contributed by atoms with Gasteiger partial charge < -0.3 is 5.32 Å². The predicted octanol–water partition coefficient (Wildman–Crippen LogP) is 2.51. The highest BCUT2D eigenvalue weighted by Crippen LogP contribution is 2.26. The molecule has 2 atom stereocenters. The third-order valence-corrected chi connectivity index (χ3v) is 5.56. The van der Waals surface area contributed by atoms with Crippen LogP contribution in [0.15, 0.2) is 5.38 Å². The van der Waals surface area contributed by atoms with Crippen LogP contribution in [-0.4, -0.2) is 29.4 Å². The molecule has 2 fully saturated rings. The molecule has 2 amide bonds. The summed E-state index contributed by atoms with van der Waals surface area (Å²) in [5.41, 5.74) is 0.765. The summed E-state index contributed by atoms with van der Waals surface area (Å²) in [6.07, 6.45) is 6.56. The number of aromatic nitrogens is 1. The summed E-state index contributed by atoms with van der Waals surface area (Å²) >= 11 is 1.45. The lowest BCUT2D eigenvalue weighted by molar-refractivity contribution is -0.121. The molecule has 2 aliphatic rings. The summed E-state index contributed by atoms with van der Waals surface area (Å²) in [7, 11) is 0. The van der Waals surface area contributed by atoms with Crippen molar-refractivity contribution < 1.29 is 9.59 Å². The molecule has 1 N–H and O–H groups in total. The Morgan fingerprint density at radius 2 is 2.23 bits per heavy atom. The smallest absolute Gasteiger partial charge is 0.228 e. The lowest BCUT2D eigenvalue weighted by Crippen LogP contribution is -2.41. The second-order valence-corrected chi connectivity index (χ2v) is 7.22. The van der Waals surface area contributed by atoms with Crippen LogP contribution in [0.1, 0.15) is 51.1 Å². The molecule has 5 nitrogen and oxygen atoms in total. The van der Waals surface area contributed by atoms with Crippen molar-refractivity contribution in [2.24, 2.45) is 5.92 Å². The van der Waals surface area contributed by atoms with Gasteiger partial charge in [-0.25, -0.2) is 4.98 Å². The molecule has 1 saturated carbocycles. The van der Waals surface area contributed by atoms with E-state index in [9.17, 15) is 9.59 Å². The van der Waals surface area contributed by atoms with Crippen molar-refractivity contribution in [2.45, 2.75) is 57.9 Å². The van der Waals surface area contributed by atoms with Gasteiger partial charge in [-0.3, -0.25) is 14.5 Å². The second kappa shape index (κ2) is 6.77. The van der Waals surface area contributed by atoms with Gasteiger partial charge in [0.05, 0.1) is 12.1 Å². The van der Waals surface area contributed by atoms with Crippen molar-refractivity contribution in [2.75, 3.05) is 11.4 Å². The van der Waals surface area contributed by atoms with E-state index in [0.717, 1.165) is 30.2 Å². The molecule has 3 rings (SSSR count). The molecular weight excluding hydrogens is 298 g/mol. The maximum atomic E-state index is 12.2. The quantitative estimate of drug-likeness (QED) is 0.927. The zero-order chi connectivity index (χ0) is 15.5. The van der Waals surface area contributed by atoms with E-state index < -0.39 is 0 Å². The number of nitrogens with zero attached hydrogens (tertiary/aromatic N) is 2. The Morgan fingerprint density at radius 1 is 1.41 bits per heavy atom. The van der Waals surface area contributed by atoms with Gasteiger partial charge in [-0.1, -0.05) is 19.8 Å². The van der Waals surface area contributed by atoms with Gasteiger partial charge in [-0.05, 0) is 25.2 Å². The first-order valence-electron chi connectivity index (χ1n) is 8.17. The molecule has 1 aromatic rings. The molecular formula is C16H23N3O2S. The van der Waals surface area contributed by atoms with E-state index >= 15 is 0 Å². The number of hydrogen-bond donors (Lipinski definition) is 1. The topological polar surface area (TPSA) is 62.3 Å². The number of thiazole rings is 1. The third-order valence-electron chi connectivity index (χ3n) is 4.64. The molecule has 1 aliphatic carbocycles. The minimum absolute atomic E-state index is 0.0448. The number of hydrogen-bond acceptors (Lipinski definition) is 4. The number of amides is 2. The highest BCUT2D eigenvalue weighted by Gasteiger charge is 2.25. The zero-order valence-corrected chi connectivity index (χ0v) is 13.8. The monoisotopic (exact) mass is 321 g/mol. The molecule has 2 heterocycles. The first-order valence-corrected chi connectivity index (χ1v) is 9.05. The average molecular weight is 321 g/mol. The van der Waals surface area contributed by atoms with Crippen LogP contribution in [0.5, 0.6) is 0 Å². The maximum absolute atomic E-state index is 12.2. The van der Waals surface area contributed by atoms with Crippen molar-refractivity contribution in [3.05, 3.63) is 11.1 Å². The average Bonchev–Trinajstić information content (AvgIpc) is 3.10. The van der Waals surface area contributed by atoms with Gasteiger partial charge in [0.15, 0.2) is 5.13 Å².